The van der Waals surface area contributed by atoms with E-state index in [1.165, 1.54) is 229 Å². The van der Waals surface area contributed by atoms with Gasteiger partial charge in [0.25, 0.3) is 0 Å². The van der Waals surface area contributed by atoms with Crippen molar-refractivity contribution in [1.82, 2.24) is 0 Å². The molecule has 494 valence electrons. The summed E-state index contributed by atoms with van der Waals surface area (Å²) in [5.74, 6) is 0.531. The largest absolute Gasteiger partial charge is 0.345 e. The fourth-order valence-electron chi connectivity index (χ4n) is 17.1. The van der Waals surface area contributed by atoms with Crippen LogP contribution in [0.25, 0.3) is 55.6 Å². The third-order valence-electron chi connectivity index (χ3n) is 22.4. The van der Waals surface area contributed by atoms with E-state index >= 15 is 0 Å². The minimum atomic E-state index is -0.134. The second-order valence-corrected chi connectivity index (χ2v) is 29.4. The number of rotatable bonds is 32. The molecule has 2 aliphatic carbocycles. The predicted molar refractivity (Wildman–Crippen MR) is 416 cm³/mol. The van der Waals surface area contributed by atoms with E-state index in [0.29, 0.717) is 5.92 Å². The summed E-state index contributed by atoms with van der Waals surface area (Å²) in [6.07, 6.45) is 26.3. The third kappa shape index (κ3) is 14.2. The van der Waals surface area contributed by atoms with Crippen molar-refractivity contribution in [3.63, 3.8) is 0 Å². The molecule has 0 saturated heterocycles. The average Bonchev–Trinajstić information content (AvgIpc) is 1.56. The molecule has 2 aliphatic rings. The zero-order valence-electron chi connectivity index (χ0n) is 59.8. The van der Waals surface area contributed by atoms with Gasteiger partial charge in [0.15, 0.2) is 0 Å². The fourth-order valence-corrected chi connectivity index (χ4v) is 17.1. The van der Waals surface area contributed by atoms with E-state index in [1.54, 1.807) is 11.1 Å². The molecule has 0 spiro atoms. The summed E-state index contributed by atoms with van der Waals surface area (Å²) in [6.45, 7) is 18.7. The Labute approximate surface area is 579 Å². The molecule has 1 atom stereocenters. The number of unbranched alkanes of at least 4 members (excludes halogenated alkanes) is 12. The molecule has 0 fully saturated rings. The Balaban J connectivity index is 0.862. The van der Waals surface area contributed by atoms with Crippen LogP contribution in [0.3, 0.4) is 0 Å². The topological polar surface area (TPSA) is 6.48 Å². The average molecular weight is 1270 g/mol. The van der Waals surface area contributed by atoms with Gasteiger partial charge in [-0.15, -0.1) is 0 Å². The highest BCUT2D eigenvalue weighted by molar-refractivity contribution is 5.88. The molecule has 0 aliphatic heterocycles. The fraction of sp³-hybridized carbons (Fsp3) is 0.362. The molecule has 96 heavy (non-hydrogen) atoms. The van der Waals surface area contributed by atoms with Crippen LogP contribution in [0, 0.1) is 12.8 Å². The van der Waals surface area contributed by atoms with Crippen molar-refractivity contribution in [2.75, 3.05) is 16.8 Å². The number of hydrogen-bond donors (Lipinski definition) is 0. The minimum absolute atomic E-state index is 0.0237. The molecule has 2 heteroatoms. The Hall–Kier alpha value is -8.20. The Bertz CT molecular complexity index is 4110. The van der Waals surface area contributed by atoms with Gasteiger partial charge in [-0.1, -0.05) is 327 Å². The monoisotopic (exact) mass is 1260 g/mol. The van der Waals surface area contributed by atoms with Crippen molar-refractivity contribution in [2.45, 2.75) is 206 Å². The van der Waals surface area contributed by atoms with Crippen LogP contribution in [0.1, 0.15) is 222 Å². The quantitative estimate of drug-likeness (QED) is 0.0388. The lowest BCUT2D eigenvalue weighted by Crippen LogP contribution is -2.26. The maximum atomic E-state index is 2.61. The lowest BCUT2D eigenvalue weighted by molar-refractivity contribution is 0.401. The number of benzene rings is 10. The molecule has 10 aromatic carbocycles. The molecule has 0 aromatic heterocycles. The first-order chi connectivity index (χ1) is 46.9. The van der Waals surface area contributed by atoms with Crippen LogP contribution in [0.2, 0.25) is 0 Å². The summed E-state index contributed by atoms with van der Waals surface area (Å²) >= 11 is 0. The van der Waals surface area contributed by atoms with Crippen molar-refractivity contribution in [3.8, 4) is 55.6 Å². The SMILES string of the molecule is CCCCCCC1(CCCCCC)c2ccccc2-c2ccc(N(C)c3ccc(-c4ccc(N(c5ccc(-c6ccc(C(C)(CC(C)C)c7ccc(-c8ccc(C)cc8)cc7)cc6)cc5)c5ccc6c(c5)C(CCCCCC)(CCCCCC)c5ccccc5-6)cc4)cc3)cc21. The summed E-state index contributed by atoms with van der Waals surface area (Å²) in [5.41, 5.74) is 29.1. The lowest BCUT2D eigenvalue weighted by atomic mass is 9.70. The summed E-state index contributed by atoms with van der Waals surface area (Å²) < 4.78 is 0. The number of anilines is 5. The molecular formula is C94H108N2. The normalized spacial score (nSPS) is 13.9. The number of nitrogens with zero attached hydrogens (tertiary/aromatic N) is 2. The molecule has 1 unspecified atom stereocenters. The second-order valence-electron chi connectivity index (χ2n) is 29.4. The predicted octanol–water partition coefficient (Wildman–Crippen LogP) is 28.0. The first-order valence-corrected chi connectivity index (χ1v) is 37.5. The summed E-state index contributed by atoms with van der Waals surface area (Å²) in [4.78, 5) is 4.93. The Morgan fingerprint density at radius 3 is 1.01 bits per heavy atom. The Morgan fingerprint density at radius 2 is 0.635 bits per heavy atom. The van der Waals surface area contributed by atoms with Crippen LogP contribution in [0.4, 0.5) is 28.4 Å². The van der Waals surface area contributed by atoms with Crippen LogP contribution in [-0.4, -0.2) is 7.05 Å². The van der Waals surface area contributed by atoms with E-state index in [2.05, 4.69) is 303 Å². The van der Waals surface area contributed by atoms with Gasteiger partial charge in [-0.3, -0.25) is 0 Å². The molecule has 12 rings (SSSR count). The first-order valence-electron chi connectivity index (χ1n) is 37.5. The summed E-state index contributed by atoms with van der Waals surface area (Å²) in [5, 5.41) is 0. The summed E-state index contributed by atoms with van der Waals surface area (Å²) in [7, 11) is 2.26. The van der Waals surface area contributed by atoms with Gasteiger partial charge in [0.2, 0.25) is 0 Å². The van der Waals surface area contributed by atoms with Gasteiger partial charge in [-0.05, 0) is 195 Å². The smallest absolute Gasteiger partial charge is 0.0465 e. The maximum Gasteiger partial charge on any atom is 0.0465 e. The van der Waals surface area contributed by atoms with Crippen LogP contribution < -0.4 is 9.80 Å². The van der Waals surface area contributed by atoms with Crippen molar-refractivity contribution in [2.24, 2.45) is 5.92 Å². The van der Waals surface area contributed by atoms with Gasteiger partial charge >= 0.3 is 0 Å². The highest BCUT2D eigenvalue weighted by Crippen LogP contribution is 2.57. The maximum absolute atomic E-state index is 2.61. The molecule has 0 radical (unpaired) electrons. The molecule has 0 bridgehead atoms. The molecule has 0 heterocycles. The van der Waals surface area contributed by atoms with Crippen LogP contribution >= 0.6 is 0 Å². The van der Waals surface area contributed by atoms with Crippen molar-refractivity contribution in [1.29, 1.82) is 0 Å². The van der Waals surface area contributed by atoms with Gasteiger partial charge in [-0.25, -0.2) is 0 Å². The number of aryl methyl sites for hydroxylation is 1. The highest BCUT2D eigenvalue weighted by atomic mass is 15.1. The van der Waals surface area contributed by atoms with E-state index in [0.717, 1.165) is 17.8 Å². The first kappa shape index (κ1) is 67.8. The van der Waals surface area contributed by atoms with E-state index in [4.69, 9.17) is 0 Å². The molecule has 0 amide bonds. The van der Waals surface area contributed by atoms with Crippen molar-refractivity contribution >= 4 is 28.4 Å². The molecule has 2 nitrogen and oxygen atoms in total. The van der Waals surface area contributed by atoms with Gasteiger partial charge in [0.1, 0.15) is 0 Å². The standard InChI is InChI=1S/C94H108N2/c1-10-14-18-26-62-93(63-27-19-15-11-2)88-32-24-22-30-84(88)86-60-58-82(66-90(86)93)95(9)79-52-42-74(43-53-79)76-46-56-81(57-47-76)96(83-59-61-87-85-31-23-25-33-89(85)94(91(87)67-83,64-28-20-16-12-3)65-29-21-17-13-4)80-54-44-75(45-55-80)73-40-50-78(51-41-73)92(8,68-69(5)6)77-48-38-72(39-49-77)71-36-34-70(7)35-37-71/h22-25,30-61,66-67,69H,10-21,26-29,62-65,68H2,1-9H3. The number of hydrogen-bond acceptors (Lipinski definition) is 2. The molecule has 0 N–H and O–H groups in total. The van der Waals surface area contributed by atoms with E-state index in [9.17, 15) is 0 Å². The Kier molecular flexibility index (Phi) is 21.8. The zero-order chi connectivity index (χ0) is 66.7. The van der Waals surface area contributed by atoms with Crippen LogP contribution in [0.5, 0.6) is 0 Å². The van der Waals surface area contributed by atoms with Gasteiger partial charge in [0, 0.05) is 51.7 Å². The Morgan fingerprint density at radius 1 is 0.323 bits per heavy atom. The van der Waals surface area contributed by atoms with E-state index < -0.39 is 0 Å². The molecule has 10 aromatic rings. The highest BCUT2D eigenvalue weighted by Gasteiger charge is 2.44. The molecular weight excluding hydrogens is 1160 g/mol. The molecule has 0 saturated carbocycles. The van der Waals surface area contributed by atoms with Crippen LogP contribution in [0.15, 0.2) is 231 Å². The van der Waals surface area contributed by atoms with Gasteiger partial charge in [-0.2, -0.15) is 0 Å². The lowest BCUT2D eigenvalue weighted by Gasteiger charge is -2.34. The van der Waals surface area contributed by atoms with Gasteiger partial charge < -0.3 is 9.80 Å². The van der Waals surface area contributed by atoms with E-state index in [-0.39, 0.29) is 16.2 Å². The summed E-state index contributed by atoms with van der Waals surface area (Å²) in [6, 6.07) is 89.5. The van der Waals surface area contributed by atoms with E-state index in [1.807, 2.05) is 0 Å². The zero-order valence-corrected chi connectivity index (χ0v) is 59.8. The van der Waals surface area contributed by atoms with Crippen LogP contribution in [-0.2, 0) is 16.2 Å². The van der Waals surface area contributed by atoms with Crippen molar-refractivity contribution in [3.05, 3.63) is 269 Å². The van der Waals surface area contributed by atoms with Crippen molar-refractivity contribution < 1.29 is 0 Å². The van der Waals surface area contributed by atoms with Gasteiger partial charge in [0.05, 0.1) is 0 Å². The minimum Gasteiger partial charge on any atom is -0.345 e. The second kappa shape index (κ2) is 30.9. The third-order valence-corrected chi connectivity index (χ3v) is 22.4. The number of fused-ring (bicyclic) bond motifs is 6.